The van der Waals surface area contributed by atoms with Crippen LogP contribution in [0.3, 0.4) is 0 Å². The van der Waals surface area contributed by atoms with Gasteiger partial charge in [-0.05, 0) is 35.9 Å². The third-order valence-electron chi connectivity index (χ3n) is 4.56. The highest BCUT2D eigenvalue weighted by Crippen LogP contribution is 2.22. The number of nitro benzene ring substituents is 1. The quantitative estimate of drug-likeness (QED) is 0.390. The molecule has 32 heavy (non-hydrogen) atoms. The van der Waals surface area contributed by atoms with E-state index in [4.69, 9.17) is 4.74 Å². The van der Waals surface area contributed by atoms with Crippen molar-refractivity contribution in [2.24, 2.45) is 0 Å². The van der Waals surface area contributed by atoms with Gasteiger partial charge in [-0.2, -0.15) is 4.31 Å². The van der Waals surface area contributed by atoms with Crippen LogP contribution >= 0.6 is 0 Å². The van der Waals surface area contributed by atoms with Crippen LogP contribution in [-0.2, 0) is 21.4 Å². The molecule has 3 aromatic rings. The molecule has 0 aromatic heterocycles. The molecule has 10 heteroatoms. The molecule has 3 aromatic carbocycles. The first-order chi connectivity index (χ1) is 15.3. The van der Waals surface area contributed by atoms with Crippen molar-refractivity contribution in [1.82, 2.24) is 4.31 Å². The maximum Gasteiger partial charge on any atom is 0.271 e. The van der Waals surface area contributed by atoms with Crippen LogP contribution in [0, 0.1) is 10.1 Å². The highest BCUT2D eigenvalue weighted by Gasteiger charge is 2.27. The van der Waals surface area contributed by atoms with Crippen molar-refractivity contribution < 1.29 is 22.9 Å². The molecule has 0 fully saturated rings. The van der Waals surface area contributed by atoms with E-state index in [2.05, 4.69) is 5.32 Å². The molecule has 0 saturated heterocycles. The highest BCUT2D eigenvalue weighted by molar-refractivity contribution is 7.89. The Balaban J connectivity index is 1.86. The summed E-state index contributed by atoms with van der Waals surface area (Å²) in [5, 5.41) is 13.5. The Morgan fingerprint density at radius 2 is 1.72 bits per heavy atom. The summed E-state index contributed by atoms with van der Waals surface area (Å²) < 4.78 is 32.7. The molecule has 0 aliphatic heterocycles. The van der Waals surface area contributed by atoms with E-state index < -0.39 is 27.4 Å². The van der Waals surface area contributed by atoms with Crippen LogP contribution in [0.4, 0.5) is 11.4 Å². The molecule has 0 saturated carbocycles. The van der Waals surface area contributed by atoms with E-state index in [1.807, 2.05) is 0 Å². The van der Waals surface area contributed by atoms with Crippen molar-refractivity contribution in [2.75, 3.05) is 19.0 Å². The van der Waals surface area contributed by atoms with Gasteiger partial charge >= 0.3 is 0 Å². The summed E-state index contributed by atoms with van der Waals surface area (Å²) >= 11 is 0. The fourth-order valence-electron chi connectivity index (χ4n) is 2.97. The number of carbonyl (C=O) groups is 1. The van der Waals surface area contributed by atoms with Gasteiger partial charge in [0.05, 0.1) is 23.5 Å². The topological polar surface area (TPSA) is 119 Å². The molecule has 1 N–H and O–H groups in total. The predicted molar refractivity (Wildman–Crippen MR) is 119 cm³/mol. The molecule has 9 nitrogen and oxygen atoms in total. The smallest absolute Gasteiger partial charge is 0.271 e. The molecular weight excluding hydrogens is 434 g/mol. The number of amides is 1. The standard InChI is InChI=1S/C22H21N3O6S/c1-31-20-10-12-21(13-11-20)32(29,30)24(15-17-6-3-2-4-7-17)16-22(26)23-18-8-5-9-19(14-18)25(27)28/h2-14H,15-16H2,1H3,(H,23,26). The molecule has 1 amide bonds. The fourth-order valence-corrected chi connectivity index (χ4v) is 4.35. The van der Waals surface area contributed by atoms with Gasteiger partial charge < -0.3 is 10.1 Å². The minimum atomic E-state index is -4.02. The number of benzene rings is 3. The van der Waals surface area contributed by atoms with E-state index in [1.165, 1.54) is 55.6 Å². The molecule has 166 valence electrons. The summed E-state index contributed by atoms with van der Waals surface area (Å²) in [6.45, 7) is -0.510. The summed E-state index contributed by atoms with van der Waals surface area (Å²) in [6, 6.07) is 20.2. The van der Waals surface area contributed by atoms with Gasteiger partial charge in [-0.15, -0.1) is 0 Å². The number of hydrogen-bond donors (Lipinski definition) is 1. The lowest BCUT2D eigenvalue weighted by Gasteiger charge is -2.22. The van der Waals surface area contributed by atoms with Crippen LogP contribution in [0.15, 0.2) is 83.8 Å². The molecule has 3 rings (SSSR count). The van der Waals surface area contributed by atoms with Crippen LogP contribution in [-0.4, -0.2) is 37.2 Å². The van der Waals surface area contributed by atoms with Crippen LogP contribution in [0.5, 0.6) is 5.75 Å². The Hall–Kier alpha value is -3.76. The normalized spacial score (nSPS) is 11.2. The zero-order valence-electron chi connectivity index (χ0n) is 17.2. The van der Waals surface area contributed by atoms with Crippen molar-refractivity contribution in [3.63, 3.8) is 0 Å². The van der Waals surface area contributed by atoms with Crippen molar-refractivity contribution in [1.29, 1.82) is 0 Å². The maximum absolute atomic E-state index is 13.3. The van der Waals surface area contributed by atoms with E-state index in [9.17, 15) is 23.3 Å². The molecule has 0 heterocycles. The van der Waals surface area contributed by atoms with Gasteiger partial charge in [-0.3, -0.25) is 14.9 Å². The van der Waals surface area contributed by atoms with Crippen LogP contribution in [0.25, 0.3) is 0 Å². The number of rotatable bonds is 9. The summed E-state index contributed by atoms with van der Waals surface area (Å²) in [5.41, 5.74) is 0.716. The van der Waals surface area contributed by atoms with E-state index in [0.717, 1.165) is 4.31 Å². The largest absolute Gasteiger partial charge is 0.497 e. The van der Waals surface area contributed by atoms with E-state index >= 15 is 0 Å². The lowest BCUT2D eigenvalue weighted by atomic mass is 10.2. The number of nitrogens with zero attached hydrogens (tertiary/aromatic N) is 2. The second kappa shape index (κ2) is 10.0. The fraction of sp³-hybridized carbons (Fsp3) is 0.136. The highest BCUT2D eigenvalue weighted by atomic mass is 32.2. The van der Waals surface area contributed by atoms with Gasteiger partial charge in [0.15, 0.2) is 0 Å². The Morgan fingerprint density at radius 1 is 1.03 bits per heavy atom. The first kappa shape index (κ1) is 22.9. The van der Waals surface area contributed by atoms with E-state index in [0.29, 0.717) is 11.3 Å². The Labute approximate surface area is 185 Å². The van der Waals surface area contributed by atoms with Crippen molar-refractivity contribution in [3.05, 3.63) is 94.5 Å². The molecule has 0 radical (unpaired) electrons. The molecular formula is C22H21N3O6S. The zero-order chi connectivity index (χ0) is 23.1. The van der Waals surface area contributed by atoms with Gasteiger partial charge in [0, 0.05) is 24.4 Å². The SMILES string of the molecule is COc1ccc(S(=O)(=O)N(CC(=O)Nc2cccc([N+](=O)[O-])c2)Cc2ccccc2)cc1. The van der Waals surface area contributed by atoms with Crippen molar-refractivity contribution in [2.45, 2.75) is 11.4 Å². The minimum Gasteiger partial charge on any atom is -0.497 e. The van der Waals surface area contributed by atoms with Gasteiger partial charge in [-0.1, -0.05) is 36.4 Å². The first-order valence-corrected chi connectivity index (χ1v) is 11.0. The Kier molecular flexibility index (Phi) is 7.18. The third-order valence-corrected chi connectivity index (χ3v) is 6.37. The maximum atomic E-state index is 13.3. The average Bonchev–Trinajstić information content (AvgIpc) is 2.79. The van der Waals surface area contributed by atoms with E-state index in [1.54, 1.807) is 30.3 Å². The lowest BCUT2D eigenvalue weighted by Crippen LogP contribution is -2.37. The number of carbonyl (C=O) groups excluding carboxylic acids is 1. The number of anilines is 1. The molecule has 0 aliphatic rings. The number of methoxy groups -OCH3 is 1. The lowest BCUT2D eigenvalue weighted by molar-refractivity contribution is -0.384. The molecule has 0 unspecified atom stereocenters. The second-order valence-electron chi connectivity index (χ2n) is 6.79. The minimum absolute atomic E-state index is 0.0115. The van der Waals surface area contributed by atoms with Gasteiger partial charge in [0.2, 0.25) is 15.9 Å². The van der Waals surface area contributed by atoms with Gasteiger partial charge in [-0.25, -0.2) is 8.42 Å². The second-order valence-corrected chi connectivity index (χ2v) is 8.73. The Bertz CT molecular complexity index is 1200. The number of nitrogens with one attached hydrogen (secondary N) is 1. The third kappa shape index (κ3) is 5.68. The predicted octanol–water partition coefficient (Wildman–Crippen LogP) is 3.43. The molecule has 0 spiro atoms. The van der Waals surface area contributed by atoms with Crippen LogP contribution in [0.2, 0.25) is 0 Å². The van der Waals surface area contributed by atoms with Crippen LogP contribution < -0.4 is 10.1 Å². The van der Waals surface area contributed by atoms with Gasteiger partial charge in [0.25, 0.3) is 5.69 Å². The van der Waals surface area contributed by atoms with Crippen molar-refractivity contribution >= 4 is 27.3 Å². The van der Waals surface area contributed by atoms with Crippen molar-refractivity contribution in [3.8, 4) is 5.75 Å². The zero-order valence-corrected chi connectivity index (χ0v) is 18.0. The average molecular weight is 455 g/mol. The summed E-state index contributed by atoms with van der Waals surface area (Å²) in [5.74, 6) is -0.125. The monoisotopic (exact) mass is 455 g/mol. The number of sulfonamides is 1. The molecule has 0 aliphatic carbocycles. The molecule has 0 bridgehead atoms. The number of hydrogen-bond acceptors (Lipinski definition) is 6. The van der Waals surface area contributed by atoms with E-state index in [-0.39, 0.29) is 22.8 Å². The van der Waals surface area contributed by atoms with Gasteiger partial charge in [0.1, 0.15) is 5.75 Å². The Morgan fingerprint density at radius 3 is 2.34 bits per heavy atom. The summed E-state index contributed by atoms with van der Waals surface area (Å²) in [4.78, 5) is 23.0. The summed E-state index contributed by atoms with van der Waals surface area (Å²) in [7, 11) is -2.55. The number of non-ortho nitro benzene ring substituents is 1. The molecule has 0 atom stereocenters. The van der Waals surface area contributed by atoms with Crippen LogP contribution in [0.1, 0.15) is 5.56 Å². The number of ether oxygens (including phenoxy) is 1. The number of nitro groups is 1. The first-order valence-electron chi connectivity index (χ1n) is 9.52. The summed E-state index contributed by atoms with van der Waals surface area (Å²) in [6.07, 6.45) is 0.